The van der Waals surface area contributed by atoms with Crippen molar-refractivity contribution < 1.29 is 29.6 Å². The average Bonchev–Trinajstić information content (AvgIpc) is 3.24. The Balaban J connectivity index is 1.81. The summed E-state index contributed by atoms with van der Waals surface area (Å²) in [5, 5.41) is 29.9. The third-order valence-corrected chi connectivity index (χ3v) is 4.76. The Hall–Kier alpha value is -0.790. The second-order valence-electron chi connectivity index (χ2n) is 6.39. The number of aliphatic hydroxyl groups is 3. The van der Waals surface area contributed by atoms with Crippen LogP contribution in [-0.4, -0.2) is 64.8 Å². The number of hydrogen-bond donors (Lipinski definition) is 3. The molecule has 0 saturated carbocycles. The van der Waals surface area contributed by atoms with Crippen LogP contribution in [0.15, 0.2) is 12.2 Å². The molecule has 6 nitrogen and oxygen atoms in total. The molecule has 2 saturated heterocycles. The molecule has 2 fully saturated rings. The van der Waals surface area contributed by atoms with E-state index in [1.165, 1.54) is 6.08 Å². The van der Waals surface area contributed by atoms with E-state index in [1.807, 2.05) is 6.92 Å². The number of carbonyl (C=O) groups excluding carboxylic acids is 1. The van der Waals surface area contributed by atoms with E-state index in [1.54, 1.807) is 13.0 Å². The third kappa shape index (κ3) is 4.14. The number of aliphatic hydroxyl groups excluding tert-OH is 3. The zero-order chi connectivity index (χ0) is 16.3. The highest BCUT2D eigenvalue weighted by Crippen LogP contribution is 2.38. The van der Waals surface area contributed by atoms with Gasteiger partial charge in [0.25, 0.3) is 0 Å². The molecule has 0 bridgehead atoms. The predicted octanol–water partition coefficient (Wildman–Crippen LogP) is 0.0428. The van der Waals surface area contributed by atoms with E-state index in [9.17, 15) is 20.1 Å². The van der Waals surface area contributed by atoms with E-state index in [0.29, 0.717) is 25.7 Å². The highest BCUT2D eigenvalue weighted by atomic mass is 16.6. The molecule has 2 aliphatic heterocycles. The highest BCUT2D eigenvalue weighted by molar-refractivity contribution is 5.64. The minimum absolute atomic E-state index is 0.00607. The van der Waals surface area contributed by atoms with Crippen molar-refractivity contribution in [2.75, 3.05) is 6.61 Å². The Labute approximate surface area is 130 Å². The zero-order valence-electron chi connectivity index (χ0n) is 13.0. The molecule has 2 heterocycles. The van der Waals surface area contributed by atoms with Gasteiger partial charge in [0.15, 0.2) is 0 Å². The molecule has 0 radical (unpaired) electrons. The Bertz CT molecular complexity index is 396. The standard InChI is InChI=1S/C16H26O6/c1-9(10(2)18)16-13(22-16)7-11-8-21-12(5-3-4-6-17)15(20)14(11)19/h3-4,6,9-16,18-20H,5,7-8H2,1-2H3/t9-,10-,11-,12-,13-,14+,15-,16-/m0/s1. The molecule has 2 aliphatic rings. The molecule has 0 aliphatic carbocycles. The normalized spacial score (nSPS) is 41.3. The summed E-state index contributed by atoms with van der Waals surface area (Å²) in [6.45, 7) is 4.03. The number of epoxide rings is 1. The maximum Gasteiger partial charge on any atom is 0.142 e. The van der Waals surface area contributed by atoms with Crippen LogP contribution in [0.25, 0.3) is 0 Å². The van der Waals surface area contributed by atoms with Crippen molar-refractivity contribution in [3.63, 3.8) is 0 Å². The summed E-state index contributed by atoms with van der Waals surface area (Å²) < 4.78 is 11.2. The predicted molar refractivity (Wildman–Crippen MR) is 79.2 cm³/mol. The van der Waals surface area contributed by atoms with Gasteiger partial charge < -0.3 is 24.8 Å². The van der Waals surface area contributed by atoms with Crippen molar-refractivity contribution in [1.29, 1.82) is 0 Å². The molecule has 0 spiro atoms. The first-order valence-electron chi connectivity index (χ1n) is 7.87. The van der Waals surface area contributed by atoms with Crippen LogP contribution in [0.2, 0.25) is 0 Å². The Kier molecular flexibility index (Phi) is 6.11. The van der Waals surface area contributed by atoms with Crippen molar-refractivity contribution in [3.05, 3.63) is 12.2 Å². The number of aldehydes is 1. The summed E-state index contributed by atoms with van der Waals surface area (Å²) in [6.07, 6.45) is 1.91. The van der Waals surface area contributed by atoms with Gasteiger partial charge in [0.05, 0.1) is 37.1 Å². The monoisotopic (exact) mass is 314 g/mol. The lowest BCUT2D eigenvalue weighted by Crippen LogP contribution is -2.50. The van der Waals surface area contributed by atoms with Gasteiger partial charge in [-0.1, -0.05) is 13.0 Å². The van der Waals surface area contributed by atoms with Gasteiger partial charge in [-0.25, -0.2) is 0 Å². The Morgan fingerprint density at radius 2 is 1.95 bits per heavy atom. The summed E-state index contributed by atoms with van der Waals surface area (Å²) in [5.74, 6) is -0.129. The fourth-order valence-electron chi connectivity index (χ4n) is 3.01. The molecule has 22 heavy (non-hydrogen) atoms. The number of carbonyl (C=O) groups is 1. The van der Waals surface area contributed by atoms with Crippen molar-refractivity contribution in [2.24, 2.45) is 11.8 Å². The number of rotatable bonds is 7. The van der Waals surface area contributed by atoms with Gasteiger partial charge in [-0.15, -0.1) is 0 Å². The lowest BCUT2D eigenvalue weighted by atomic mass is 9.86. The second kappa shape index (κ2) is 7.66. The number of hydrogen-bond acceptors (Lipinski definition) is 6. The summed E-state index contributed by atoms with van der Waals surface area (Å²) >= 11 is 0. The van der Waals surface area contributed by atoms with Crippen LogP contribution in [0.1, 0.15) is 26.7 Å². The molecular weight excluding hydrogens is 288 g/mol. The van der Waals surface area contributed by atoms with E-state index in [2.05, 4.69) is 0 Å². The van der Waals surface area contributed by atoms with Gasteiger partial charge in [0, 0.05) is 11.8 Å². The first-order valence-corrected chi connectivity index (χ1v) is 7.87. The molecule has 0 aromatic rings. The van der Waals surface area contributed by atoms with E-state index in [0.717, 1.165) is 0 Å². The zero-order valence-corrected chi connectivity index (χ0v) is 13.0. The van der Waals surface area contributed by atoms with Crippen molar-refractivity contribution in [3.8, 4) is 0 Å². The molecule has 0 amide bonds. The van der Waals surface area contributed by atoms with Crippen LogP contribution >= 0.6 is 0 Å². The highest BCUT2D eigenvalue weighted by Gasteiger charge is 2.48. The molecule has 8 atom stereocenters. The van der Waals surface area contributed by atoms with Crippen LogP contribution in [-0.2, 0) is 14.3 Å². The molecular formula is C16H26O6. The minimum Gasteiger partial charge on any atom is -0.393 e. The molecule has 2 rings (SSSR count). The number of ether oxygens (including phenoxy) is 2. The SMILES string of the molecule is C[C@H]([C@@H]1O[C@H]1C[C@H]1CO[C@@H](CC=CC=O)[C@H](O)[C@@H]1O)[C@H](C)O. The third-order valence-electron chi connectivity index (χ3n) is 4.76. The smallest absolute Gasteiger partial charge is 0.142 e. The lowest BCUT2D eigenvalue weighted by molar-refractivity contribution is -0.164. The van der Waals surface area contributed by atoms with Gasteiger partial charge in [-0.2, -0.15) is 0 Å². The number of allylic oxidation sites excluding steroid dienone is 1. The first-order chi connectivity index (χ1) is 10.5. The van der Waals surface area contributed by atoms with Crippen LogP contribution in [0.4, 0.5) is 0 Å². The van der Waals surface area contributed by atoms with E-state index in [4.69, 9.17) is 9.47 Å². The second-order valence-corrected chi connectivity index (χ2v) is 6.39. The summed E-state index contributed by atoms with van der Waals surface area (Å²) in [5.41, 5.74) is 0. The molecule has 0 unspecified atom stereocenters. The van der Waals surface area contributed by atoms with Gasteiger partial charge >= 0.3 is 0 Å². The van der Waals surface area contributed by atoms with Crippen LogP contribution in [0, 0.1) is 11.8 Å². The van der Waals surface area contributed by atoms with Gasteiger partial charge in [-0.05, 0) is 25.8 Å². The van der Waals surface area contributed by atoms with E-state index >= 15 is 0 Å². The fourth-order valence-corrected chi connectivity index (χ4v) is 3.01. The summed E-state index contributed by atoms with van der Waals surface area (Å²) in [6, 6.07) is 0. The molecule has 126 valence electrons. The van der Waals surface area contributed by atoms with Crippen LogP contribution in [0.3, 0.4) is 0 Å². The lowest BCUT2D eigenvalue weighted by Gasteiger charge is -2.37. The van der Waals surface area contributed by atoms with Gasteiger partial charge in [-0.3, -0.25) is 4.79 Å². The quantitative estimate of drug-likeness (QED) is 0.349. The Morgan fingerprint density at radius 1 is 1.23 bits per heavy atom. The molecule has 0 aromatic carbocycles. The fraction of sp³-hybridized carbons (Fsp3) is 0.812. The van der Waals surface area contributed by atoms with Crippen molar-refractivity contribution >= 4 is 6.29 Å². The van der Waals surface area contributed by atoms with E-state index in [-0.39, 0.29) is 24.0 Å². The average molecular weight is 314 g/mol. The Morgan fingerprint density at radius 3 is 2.59 bits per heavy atom. The minimum atomic E-state index is -0.971. The summed E-state index contributed by atoms with van der Waals surface area (Å²) in [7, 11) is 0. The van der Waals surface area contributed by atoms with Gasteiger partial charge in [0.2, 0.25) is 0 Å². The molecule has 0 aromatic heterocycles. The van der Waals surface area contributed by atoms with Crippen LogP contribution < -0.4 is 0 Å². The van der Waals surface area contributed by atoms with E-state index < -0.39 is 24.4 Å². The topological polar surface area (TPSA) is 99.5 Å². The molecule has 6 heteroatoms. The molecule has 3 N–H and O–H groups in total. The maximum absolute atomic E-state index is 10.2. The summed E-state index contributed by atoms with van der Waals surface area (Å²) in [4.78, 5) is 10.2. The van der Waals surface area contributed by atoms with Gasteiger partial charge in [0.1, 0.15) is 12.4 Å². The maximum atomic E-state index is 10.2. The van der Waals surface area contributed by atoms with Crippen molar-refractivity contribution in [2.45, 2.75) is 63.3 Å². The first kappa shape index (κ1) is 17.6. The van der Waals surface area contributed by atoms with Crippen LogP contribution in [0.5, 0.6) is 0 Å². The van der Waals surface area contributed by atoms with Crippen molar-refractivity contribution in [1.82, 2.24) is 0 Å². The largest absolute Gasteiger partial charge is 0.393 e.